The molecule has 6 nitrogen and oxygen atoms in total. The van der Waals surface area contributed by atoms with Crippen LogP contribution in [0, 0.1) is 5.41 Å². The predicted molar refractivity (Wildman–Crippen MR) is 121 cm³/mol. The molecule has 0 bridgehead atoms. The number of hydrogen-bond acceptors (Lipinski definition) is 3. The van der Waals surface area contributed by atoms with Gasteiger partial charge < -0.3 is 20.1 Å². The molecule has 1 fully saturated rings. The van der Waals surface area contributed by atoms with Crippen LogP contribution in [0.5, 0.6) is 5.75 Å². The molecule has 1 heterocycles. The highest BCUT2D eigenvalue weighted by Crippen LogP contribution is 2.32. The highest BCUT2D eigenvalue weighted by atomic mass is 19.4. The van der Waals surface area contributed by atoms with Crippen LogP contribution in [0.3, 0.4) is 0 Å². The number of carbonyl (C=O) groups is 2. The van der Waals surface area contributed by atoms with Crippen LogP contribution in [-0.4, -0.2) is 47.7 Å². The maximum atomic E-state index is 12.9. The zero-order valence-electron chi connectivity index (χ0n) is 19.4. The van der Waals surface area contributed by atoms with Crippen LogP contribution in [0.1, 0.15) is 37.0 Å². The van der Waals surface area contributed by atoms with Gasteiger partial charge in [0.05, 0.1) is 23.1 Å². The average molecular weight is 479 g/mol. The number of alkyl halides is 3. The van der Waals surface area contributed by atoms with Gasteiger partial charge in [-0.05, 0) is 62.1 Å². The molecule has 1 unspecified atom stereocenters. The van der Waals surface area contributed by atoms with Gasteiger partial charge in [-0.1, -0.05) is 24.3 Å². The minimum atomic E-state index is -4.40. The summed E-state index contributed by atoms with van der Waals surface area (Å²) in [4.78, 5) is 25.1. The third-order valence-corrected chi connectivity index (χ3v) is 6.38. The van der Waals surface area contributed by atoms with Crippen molar-refractivity contribution in [3.05, 3.63) is 65.2 Å². The fraction of sp³-hybridized carbons (Fsp3) is 0.440. The molecule has 2 amide bonds. The molecular formula is C25H29F3N2O4. The van der Waals surface area contributed by atoms with Gasteiger partial charge >= 0.3 is 18.2 Å². The summed E-state index contributed by atoms with van der Waals surface area (Å²) in [6, 6.07) is 12.0. The SMILES string of the molecule is CN1C(=O)NCC1(CCOc1ccc(CC(C)(C)C(=O)O)cc1)Cc1ccc(C(F)(F)F)cc1. The Morgan fingerprint density at radius 1 is 1.09 bits per heavy atom. The van der Waals surface area contributed by atoms with E-state index in [-0.39, 0.29) is 6.03 Å². The van der Waals surface area contributed by atoms with Crippen molar-refractivity contribution in [1.29, 1.82) is 0 Å². The second-order valence-corrected chi connectivity index (χ2v) is 9.42. The first-order chi connectivity index (χ1) is 15.8. The molecule has 3 rings (SSSR count). The van der Waals surface area contributed by atoms with E-state index in [0.29, 0.717) is 43.7 Å². The fourth-order valence-corrected chi connectivity index (χ4v) is 4.06. The van der Waals surface area contributed by atoms with E-state index >= 15 is 0 Å². The molecule has 1 saturated heterocycles. The number of halogens is 3. The summed E-state index contributed by atoms with van der Waals surface area (Å²) >= 11 is 0. The predicted octanol–water partition coefficient (Wildman–Crippen LogP) is 4.76. The molecule has 0 aliphatic carbocycles. The normalized spacial score (nSPS) is 18.6. The Kier molecular flexibility index (Phi) is 7.14. The van der Waals surface area contributed by atoms with Gasteiger partial charge in [0.25, 0.3) is 0 Å². The lowest BCUT2D eigenvalue weighted by molar-refractivity contribution is -0.146. The van der Waals surface area contributed by atoms with Crippen LogP contribution in [0.4, 0.5) is 18.0 Å². The molecule has 0 saturated carbocycles. The standard InChI is InChI=1S/C25H29F3N2O4/c1-23(2,21(31)32)14-17-6-10-20(11-7-17)34-13-12-24(16-29-22(33)30(24)3)15-18-4-8-19(9-5-18)25(26,27)28/h4-11H,12-16H2,1-3H3,(H,29,33)(H,31,32). The van der Waals surface area contributed by atoms with E-state index in [1.807, 2.05) is 12.1 Å². The number of nitrogens with zero attached hydrogens (tertiary/aromatic N) is 1. The van der Waals surface area contributed by atoms with Crippen molar-refractivity contribution in [2.45, 2.75) is 44.8 Å². The van der Waals surface area contributed by atoms with Crippen LogP contribution in [-0.2, 0) is 23.8 Å². The zero-order chi connectivity index (χ0) is 25.1. The number of hydrogen-bond donors (Lipinski definition) is 2. The van der Waals surface area contributed by atoms with Gasteiger partial charge in [0.1, 0.15) is 5.75 Å². The van der Waals surface area contributed by atoms with E-state index in [0.717, 1.165) is 17.7 Å². The van der Waals surface area contributed by atoms with Gasteiger partial charge in [-0.15, -0.1) is 0 Å². The maximum Gasteiger partial charge on any atom is 0.416 e. The molecule has 2 N–H and O–H groups in total. The molecule has 0 radical (unpaired) electrons. The number of aliphatic carboxylic acids is 1. The first-order valence-corrected chi connectivity index (χ1v) is 11.0. The summed E-state index contributed by atoms with van der Waals surface area (Å²) in [7, 11) is 1.67. The Hall–Kier alpha value is -3.23. The van der Waals surface area contributed by atoms with E-state index in [4.69, 9.17) is 4.74 Å². The molecule has 34 heavy (non-hydrogen) atoms. The quantitative estimate of drug-likeness (QED) is 0.545. The van der Waals surface area contributed by atoms with Gasteiger partial charge in [-0.3, -0.25) is 4.79 Å². The van der Waals surface area contributed by atoms with E-state index in [9.17, 15) is 27.9 Å². The van der Waals surface area contributed by atoms with Gasteiger partial charge in [0, 0.05) is 20.0 Å². The molecule has 1 aliphatic rings. The van der Waals surface area contributed by atoms with E-state index in [1.54, 1.807) is 37.9 Å². The van der Waals surface area contributed by atoms with Gasteiger partial charge in [0.15, 0.2) is 0 Å². The first-order valence-electron chi connectivity index (χ1n) is 11.0. The Balaban J connectivity index is 1.65. The summed E-state index contributed by atoms with van der Waals surface area (Å²) in [6.45, 7) is 3.99. The molecule has 2 aromatic carbocycles. The van der Waals surface area contributed by atoms with Gasteiger partial charge in [-0.2, -0.15) is 13.2 Å². The topological polar surface area (TPSA) is 78.9 Å². The zero-order valence-corrected chi connectivity index (χ0v) is 19.4. The minimum absolute atomic E-state index is 0.239. The van der Waals surface area contributed by atoms with Crippen molar-refractivity contribution in [2.75, 3.05) is 20.2 Å². The smallest absolute Gasteiger partial charge is 0.416 e. The number of urea groups is 1. The van der Waals surface area contributed by atoms with Gasteiger partial charge in [0.2, 0.25) is 0 Å². The minimum Gasteiger partial charge on any atom is -0.494 e. The number of rotatable bonds is 9. The number of amides is 2. The maximum absolute atomic E-state index is 12.9. The summed E-state index contributed by atoms with van der Waals surface area (Å²) in [5.74, 6) is -0.253. The number of ether oxygens (including phenoxy) is 1. The third-order valence-electron chi connectivity index (χ3n) is 6.38. The molecule has 2 aromatic rings. The lowest BCUT2D eigenvalue weighted by atomic mass is 9.86. The number of likely N-dealkylation sites (N-methyl/N-ethyl adjacent to an activating group) is 1. The second kappa shape index (κ2) is 9.56. The monoisotopic (exact) mass is 478 g/mol. The molecule has 0 spiro atoms. The Labute approximate surface area is 196 Å². The van der Waals surface area contributed by atoms with Crippen LogP contribution in [0.15, 0.2) is 48.5 Å². The second-order valence-electron chi connectivity index (χ2n) is 9.42. The molecule has 9 heteroatoms. The lowest BCUT2D eigenvalue weighted by Crippen LogP contribution is -2.48. The van der Waals surface area contributed by atoms with Crippen LogP contribution in [0.2, 0.25) is 0 Å². The van der Waals surface area contributed by atoms with Gasteiger partial charge in [-0.25, -0.2) is 4.79 Å². The number of nitrogens with one attached hydrogen (secondary N) is 1. The molecule has 1 atom stereocenters. The summed E-state index contributed by atoms with van der Waals surface area (Å²) in [5.41, 5.74) is -0.648. The summed E-state index contributed by atoms with van der Waals surface area (Å²) in [5, 5.41) is 12.1. The van der Waals surface area contributed by atoms with Crippen LogP contribution in [0.25, 0.3) is 0 Å². The fourth-order valence-electron chi connectivity index (χ4n) is 4.06. The van der Waals surface area contributed by atoms with E-state index in [1.165, 1.54) is 12.1 Å². The first kappa shape index (κ1) is 25.4. The highest BCUT2D eigenvalue weighted by Gasteiger charge is 2.43. The number of carbonyl (C=O) groups excluding carboxylic acids is 1. The summed E-state index contributed by atoms with van der Waals surface area (Å²) in [6.07, 6.45) is -3.16. The Bertz CT molecular complexity index is 1020. The van der Waals surface area contributed by atoms with Crippen LogP contribution < -0.4 is 10.1 Å². The van der Waals surface area contributed by atoms with E-state index < -0.39 is 28.7 Å². The highest BCUT2D eigenvalue weighted by molar-refractivity contribution is 5.77. The van der Waals surface area contributed by atoms with Crippen molar-refractivity contribution < 1.29 is 32.6 Å². The largest absolute Gasteiger partial charge is 0.494 e. The molecule has 184 valence electrons. The van der Waals surface area contributed by atoms with Crippen molar-refractivity contribution in [2.24, 2.45) is 5.41 Å². The number of carboxylic acid groups (broad SMARTS) is 1. The Morgan fingerprint density at radius 2 is 1.68 bits per heavy atom. The number of carboxylic acids is 1. The number of benzene rings is 2. The summed E-state index contributed by atoms with van der Waals surface area (Å²) < 4.78 is 44.5. The lowest BCUT2D eigenvalue weighted by Gasteiger charge is -2.35. The Morgan fingerprint density at radius 3 is 2.18 bits per heavy atom. The van der Waals surface area contributed by atoms with Crippen molar-refractivity contribution in [1.82, 2.24) is 10.2 Å². The molecule has 0 aromatic heterocycles. The van der Waals surface area contributed by atoms with E-state index in [2.05, 4.69) is 5.32 Å². The molecule has 1 aliphatic heterocycles. The van der Waals surface area contributed by atoms with Crippen molar-refractivity contribution in [3.8, 4) is 5.75 Å². The third kappa shape index (κ3) is 5.81. The van der Waals surface area contributed by atoms with Crippen LogP contribution >= 0.6 is 0 Å². The van der Waals surface area contributed by atoms with Crippen molar-refractivity contribution in [3.63, 3.8) is 0 Å². The molecular weight excluding hydrogens is 449 g/mol. The van der Waals surface area contributed by atoms with Crippen molar-refractivity contribution >= 4 is 12.0 Å². The average Bonchev–Trinajstić information content (AvgIpc) is 3.03.